The number of hydrogen-bond acceptors (Lipinski definition) is 5. The second kappa shape index (κ2) is 9.39. The fourth-order valence-electron chi connectivity index (χ4n) is 1.97. The van der Waals surface area contributed by atoms with E-state index in [2.05, 4.69) is 29.5 Å². The Morgan fingerprint density at radius 3 is 2.87 bits per heavy atom. The molecule has 7 nitrogen and oxygen atoms in total. The molecule has 1 aromatic heterocycles. The lowest BCUT2D eigenvalue weighted by Crippen LogP contribution is -2.31. The average molecular weight is 324 g/mol. The average Bonchev–Trinajstić information content (AvgIpc) is 2.88. The van der Waals surface area contributed by atoms with Gasteiger partial charge in [-0.25, -0.2) is 4.68 Å². The first-order valence-electron chi connectivity index (χ1n) is 8.05. The van der Waals surface area contributed by atoms with Crippen molar-refractivity contribution in [2.24, 2.45) is 5.92 Å². The fourth-order valence-corrected chi connectivity index (χ4v) is 1.97. The summed E-state index contributed by atoms with van der Waals surface area (Å²) in [6.45, 7) is 10.0. The number of nitrogens with zero attached hydrogens (tertiary/aromatic N) is 3. The number of ether oxygens (including phenoxy) is 1. The molecule has 1 N–H and O–H groups in total. The monoisotopic (exact) mass is 324 g/mol. The van der Waals surface area contributed by atoms with Crippen LogP contribution < -0.4 is 5.32 Å². The van der Waals surface area contributed by atoms with Crippen LogP contribution in [-0.2, 0) is 27.4 Å². The number of rotatable bonds is 11. The third-order valence-electron chi connectivity index (χ3n) is 3.27. The van der Waals surface area contributed by atoms with Crippen LogP contribution in [0.5, 0.6) is 0 Å². The van der Waals surface area contributed by atoms with Crippen molar-refractivity contribution < 1.29 is 14.3 Å². The van der Waals surface area contributed by atoms with Crippen LogP contribution in [0.25, 0.3) is 0 Å². The van der Waals surface area contributed by atoms with E-state index >= 15 is 0 Å². The van der Waals surface area contributed by atoms with Gasteiger partial charge in [-0.2, -0.15) is 0 Å². The molecule has 0 bridgehead atoms. The largest absolute Gasteiger partial charge is 0.374 e. The lowest BCUT2D eigenvalue weighted by molar-refractivity contribution is -0.122. The number of nitrogens with one attached hydrogen (secondary N) is 1. The number of carbonyl (C=O) groups is 2. The summed E-state index contributed by atoms with van der Waals surface area (Å²) in [5, 5.41) is 10.8. The van der Waals surface area contributed by atoms with Crippen molar-refractivity contribution in [2.45, 2.75) is 65.6 Å². The SMILES string of the molecule is CC(C)CCOC(C)(C)Cn1cc(CNC(=O)CCC=O)nn1. The van der Waals surface area contributed by atoms with E-state index in [9.17, 15) is 9.59 Å². The van der Waals surface area contributed by atoms with Crippen molar-refractivity contribution in [3.8, 4) is 0 Å². The number of aldehydes is 1. The van der Waals surface area contributed by atoms with E-state index in [1.54, 1.807) is 10.9 Å². The first-order valence-corrected chi connectivity index (χ1v) is 8.05. The lowest BCUT2D eigenvalue weighted by Gasteiger charge is -2.25. The summed E-state index contributed by atoms with van der Waals surface area (Å²) in [5.74, 6) is 0.454. The Balaban J connectivity index is 2.40. The van der Waals surface area contributed by atoms with Crippen molar-refractivity contribution in [1.82, 2.24) is 20.3 Å². The zero-order valence-electron chi connectivity index (χ0n) is 14.5. The molecule has 0 aliphatic rings. The van der Waals surface area contributed by atoms with Crippen LogP contribution in [0, 0.1) is 5.92 Å². The molecule has 7 heteroatoms. The van der Waals surface area contributed by atoms with Gasteiger partial charge in [-0.1, -0.05) is 19.1 Å². The normalized spacial score (nSPS) is 11.7. The van der Waals surface area contributed by atoms with Crippen molar-refractivity contribution in [3.05, 3.63) is 11.9 Å². The first kappa shape index (κ1) is 19.3. The van der Waals surface area contributed by atoms with Crippen LogP contribution in [0.1, 0.15) is 52.7 Å². The van der Waals surface area contributed by atoms with Gasteiger partial charge in [0.2, 0.25) is 5.91 Å². The summed E-state index contributed by atoms with van der Waals surface area (Å²) >= 11 is 0. The van der Waals surface area contributed by atoms with E-state index in [4.69, 9.17) is 4.74 Å². The zero-order valence-corrected chi connectivity index (χ0v) is 14.5. The summed E-state index contributed by atoms with van der Waals surface area (Å²) in [7, 11) is 0. The molecule has 0 fully saturated rings. The van der Waals surface area contributed by atoms with E-state index < -0.39 is 0 Å². The van der Waals surface area contributed by atoms with Crippen molar-refractivity contribution >= 4 is 12.2 Å². The number of amides is 1. The first-order chi connectivity index (χ1) is 10.8. The highest BCUT2D eigenvalue weighted by Gasteiger charge is 2.20. The van der Waals surface area contributed by atoms with Gasteiger partial charge in [-0.15, -0.1) is 5.10 Å². The van der Waals surface area contributed by atoms with Gasteiger partial charge in [0.25, 0.3) is 0 Å². The Hall–Kier alpha value is -1.76. The number of aromatic nitrogens is 3. The molecule has 130 valence electrons. The molecule has 0 aromatic carbocycles. The molecular formula is C16H28N4O3. The summed E-state index contributed by atoms with van der Waals surface area (Å²) in [5.41, 5.74) is 0.356. The molecular weight excluding hydrogens is 296 g/mol. The predicted molar refractivity (Wildman–Crippen MR) is 86.7 cm³/mol. The van der Waals surface area contributed by atoms with Gasteiger partial charge in [0, 0.05) is 19.4 Å². The van der Waals surface area contributed by atoms with Crippen molar-refractivity contribution in [1.29, 1.82) is 0 Å². The van der Waals surface area contributed by atoms with E-state index in [0.29, 0.717) is 24.7 Å². The number of hydrogen-bond donors (Lipinski definition) is 1. The summed E-state index contributed by atoms with van der Waals surface area (Å²) in [6, 6.07) is 0. The maximum atomic E-state index is 11.4. The third-order valence-corrected chi connectivity index (χ3v) is 3.27. The maximum Gasteiger partial charge on any atom is 0.220 e. The highest BCUT2D eigenvalue weighted by atomic mass is 16.5. The van der Waals surface area contributed by atoms with Gasteiger partial charge in [0.15, 0.2) is 0 Å². The molecule has 0 spiro atoms. The van der Waals surface area contributed by atoms with Crippen LogP contribution in [0.2, 0.25) is 0 Å². The molecule has 0 unspecified atom stereocenters. The molecule has 1 aromatic rings. The Bertz CT molecular complexity index is 497. The Morgan fingerprint density at radius 1 is 1.48 bits per heavy atom. The molecule has 0 aliphatic carbocycles. The van der Waals surface area contributed by atoms with Gasteiger partial charge < -0.3 is 14.8 Å². The van der Waals surface area contributed by atoms with Gasteiger partial charge in [0.1, 0.15) is 12.0 Å². The minimum atomic E-state index is -0.326. The standard InChI is InChI=1S/C16H28N4O3/c1-13(2)7-9-23-16(3,4)12-20-11-14(18-19-20)10-17-15(22)6-5-8-21/h8,11,13H,5-7,9-10,12H2,1-4H3,(H,17,22). The van der Waals surface area contributed by atoms with Crippen LogP contribution in [0.4, 0.5) is 0 Å². The molecule has 23 heavy (non-hydrogen) atoms. The van der Waals surface area contributed by atoms with E-state index in [1.807, 2.05) is 13.8 Å². The third kappa shape index (κ3) is 8.44. The van der Waals surface area contributed by atoms with Gasteiger partial charge >= 0.3 is 0 Å². The maximum absolute atomic E-state index is 11.4. The van der Waals surface area contributed by atoms with Crippen molar-refractivity contribution in [3.63, 3.8) is 0 Å². The Labute approximate surface area is 137 Å². The van der Waals surface area contributed by atoms with E-state index in [1.165, 1.54) is 0 Å². The highest BCUT2D eigenvalue weighted by Crippen LogP contribution is 2.14. The van der Waals surface area contributed by atoms with Gasteiger partial charge in [0.05, 0.1) is 24.9 Å². The van der Waals surface area contributed by atoms with Crippen LogP contribution in [0.3, 0.4) is 0 Å². The summed E-state index contributed by atoms with van der Waals surface area (Å²) in [6.07, 6.45) is 4.00. The lowest BCUT2D eigenvalue weighted by atomic mass is 10.1. The van der Waals surface area contributed by atoms with Crippen LogP contribution in [0.15, 0.2) is 6.20 Å². The van der Waals surface area contributed by atoms with Gasteiger partial charge in [-0.3, -0.25) is 4.79 Å². The van der Waals surface area contributed by atoms with Crippen LogP contribution in [-0.4, -0.2) is 39.4 Å². The molecule has 1 heterocycles. The highest BCUT2D eigenvalue weighted by molar-refractivity contribution is 5.77. The molecule has 1 rings (SSSR count). The summed E-state index contributed by atoms with van der Waals surface area (Å²) < 4.78 is 7.63. The van der Waals surface area contributed by atoms with Gasteiger partial charge in [-0.05, 0) is 26.2 Å². The fraction of sp³-hybridized carbons (Fsp3) is 0.750. The second-order valence-corrected chi connectivity index (χ2v) is 6.68. The van der Waals surface area contributed by atoms with E-state index in [0.717, 1.165) is 19.3 Å². The van der Waals surface area contributed by atoms with E-state index in [-0.39, 0.29) is 24.3 Å². The van der Waals surface area contributed by atoms with Crippen molar-refractivity contribution in [2.75, 3.05) is 6.61 Å². The smallest absolute Gasteiger partial charge is 0.220 e. The molecule has 1 amide bonds. The summed E-state index contributed by atoms with van der Waals surface area (Å²) in [4.78, 5) is 21.7. The molecule has 0 saturated carbocycles. The molecule has 0 radical (unpaired) electrons. The zero-order chi connectivity index (χ0) is 17.3. The molecule has 0 aliphatic heterocycles. The van der Waals surface area contributed by atoms with Crippen LogP contribution >= 0.6 is 0 Å². The number of carbonyl (C=O) groups excluding carboxylic acids is 2. The predicted octanol–water partition coefficient (Wildman–Crippen LogP) is 1.71. The Morgan fingerprint density at radius 2 is 2.22 bits per heavy atom. The minimum Gasteiger partial charge on any atom is -0.374 e. The second-order valence-electron chi connectivity index (χ2n) is 6.68. The topological polar surface area (TPSA) is 86.1 Å². The quantitative estimate of drug-likeness (QED) is 0.626. The Kier molecular flexibility index (Phi) is 7.88. The molecule has 0 saturated heterocycles. The molecule has 0 atom stereocenters. The minimum absolute atomic E-state index is 0.163.